The van der Waals surface area contributed by atoms with Gasteiger partial charge in [0.1, 0.15) is 0 Å². The van der Waals surface area contributed by atoms with E-state index in [9.17, 15) is 4.79 Å². The van der Waals surface area contributed by atoms with Crippen LogP contribution in [0.3, 0.4) is 0 Å². The van der Waals surface area contributed by atoms with E-state index in [-0.39, 0.29) is 5.97 Å². The van der Waals surface area contributed by atoms with Gasteiger partial charge in [0.2, 0.25) is 0 Å². The first-order chi connectivity index (χ1) is 12.3. The molecular formula is C20H33N3O3. The third-order valence-corrected chi connectivity index (χ3v) is 4.87. The summed E-state index contributed by atoms with van der Waals surface area (Å²) in [6, 6.07) is 2.25. The molecule has 0 radical (unpaired) electrons. The van der Waals surface area contributed by atoms with Gasteiger partial charge in [-0.3, -0.25) is 4.79 Å². The topological polar surface area (TPSA) is 77.7 Å². The van der Waals surface area contributed by atoms with Crippen molar-refractivity contribution in [1.29, 1.82) is 0 Å². The summed E-state index contributed by atoms with van der Waals surface area (Å²) >= 11 is 0. The third kappa shape index (κ3) is 4.67. The second-order valence-electron chi connectivity index (χ2n) is 7.87. The molecule has 0 bridgehead atoms. The van der Waals surface area contributed by atoms with Gasteiger partial charge in [0.25, 0.3) is 0 Å². The smallest absolute Gasteiger partial charge is 0.316 e. The number of pyridine rings is 1. The molecule has 1 fully saturated rings. The fraction of sp³-hybridized carbons (Fsp3) is 0.700. The number of nitrogen functional groups attached to an aromatic ring is 1. The van der Waals surface area contributed by atoms with Gasteiger partial charge in [-0.25, -0.2) is 4.98 Å². The van der Waals surface area contributed by atoms with Crippen molar-refractivity contribution in [2.45, 2.75) is 58.9 Å². The summed E-state index contributed by atoms with van der Waals surface area (Å²) in [5, 5.41) is 0. The molecule has 0 aliphatic carbocycles. The molecule has 0 amide bonds. The summed E-state index contributed by atoms with van der Waals surface area (Å²) in [5.41, 5.74) is 6.98. The SMILES string of the molecule is CCOC(=O)C(C)(C)c1cnc(N(CC(C)C)C2CCOCC2)c(N)c1. The van der Waals surface area contributed by atoms with E-state index in [1.807, 2.05) is 19.9 Å². The summed E-state index contributed by atoms with van der Waals surface area (Å²) in [4.78, 5) is 19.3. The highest BCUT2D eigenvalue weighted by molar-refractivity contribution is 5.83. The van der Waals surface area contributed by atoms with E-state index >= 15 is 0 Å². The van der Waals surface area contributed by atoms with E-state index in [1.54, 1.807) is 13.1 Å². The van der Waals surface area contributed by atoms with Crippen LogP contribution in [0.2, 0.25) is 0 Å². The van der Waals surface area contributed by atoms with Crippen molar-refractivity contribution in [3.63, 3.8) is 0 Å². The molecule has 1 aromatic rings. The number of nitrogens with zero attached hydrogens (tertiary/aromatic N) is 2. The lowest BCUT2D eigenvalue weighted by atomic mass is 9.85. The number of aromatic nitrogens is 1. The Kier molecular flexibility index (Phi) is 6.87. The number of rotatable bonds is 7. The Morgan fingerprint density at radius 2 is 2.08 bits per heavy atom. The normalized spacial score (nSPS) is 15.9. The molecule has 2 heterocycles. The number of nitrogens with two attached hydrogens (primary N) is 1. The molecule has 0 spiro atoms. The molecule has 0 saturated carbocycles. The predicted molar refractivity (Wildman–Crippen MR) is 104 cm³/mol. The highest BCUT2D eigenvalue weighted by Gasteiger charge is 2.33. The highest BCUT2D eigenvalue weighted by Crippen LogP contribution is 2.32. The predicted octanol–water partition coefficient (Wildman–Crippen LogP) is 3.15. The maximum atomic E-state index is 12.3. The number of carbonyl (C=O) groups excluding carboxylic acids is 1. The van der Waals surface area contributed by atoms with Gasteiger partial charge in [0, 0.05) is 32.0 Å². The molecule has 1 aliphatic rings. The Morgan fingerprint density at radius 3 is 2.62 bits per heavy atom. The van der Waals surface area contributed by atoms with Crippen LogP contribution in [-0.4, -0.2) is 43.4 Å². The molecular weight excluding hydrogens is 330 g/mol. The van der Waals surface area contributed by atoms with E-state index in [1.165, 1.54) is 0 Å². The van der Waals surface area contributed by atoms with Crippen LogP contribution in [0.1, 0.15) is 53.0 Å². The minimum atomic E-state index is -0.781. The number of carbonyl (C=O) groups is 1. The van der Waals surface area contributed by atoms with Gasteiger partial charge in [-0.2, -0.15) is 0 Å². The lowest BCUT2D eigenvalue weighted by Crippen LogP contribution is -2.42. The minimum absolute atomic E-state index is 0.266. The summed E-state index contributed by atoms with van der Waals surface area (Å²) in [5.74, 6) is 1.03. The average Bonchev–Trinajstić information content (AvgIpc) is 2.60. The average molecular weight is 364 g/mol. The fourth-order valence-corrected chi connectivity index (χ4v) is 3.28. The van der Waals surface area contributed by atoms with Crippen LogP contribution in [-0.2, 0) is 19.7 Å². The number of hydrogen-bond donors (Lipinski definition) is 1. The van der Waals surface area contributed by atoms with Crippen molar-refractivity contribution in [2.75, 3.05) is 37.0 Å². The minimum Gasteiger partial charge on any atom is -0.465 e. The Labute approximate surface area is 157 Å². The molecule has 2 rings (SSSR count). The van der Waals surface area contributed by atoms with E-state index in [0.29, 0.717) is 24.3 Å². The lowest BCUT2D eigenvalue weighted by Gasteiger charge is -2.37. The Bertz CT molecular complexity index is 610. The molecule has 26 heavy (non-hydrogen) atoms. The highest BCUT2D eigenvalue weighted by atomic mass is 16.5. The second kappa shape index (κ2) is 8.71. The van der Waals surface area contributed by atoms with Crippen LogP contribution in [0.5, 0.6) is 0 Å². The van der Waals surface area contributed by atoms with Crippen molar-refractivity contribution in [3.05, 3.63) is 17.8 Å². The zero-order chi connectivity index (χ0) is 19.3. The van der Waals surface area contributed by atoms with E-state index in [0.717, 1.165) is 44.0 Å². The monoisotopic (exact) mass is 363 g/mol. The van der Waals surface area contributed by atoms with Crippen LogP contribution >= 0.6 is 0 Å². The number of esters is 1. The second-order valence-corrected chi connectivity index (χ2v) is 7.87. The van der Waals surface area contributed by atoms with Crippen molar-refractivity contribution in [1.82, 2.24) is 4.98 Å². The largest absolute Gasteiger partial charge is 0.465 e. The maximum absolute atomic E-state index is 12.3. The van der Waals surface area contributed by atoms with E-state index in [2.05, 4.69) is 23.7 Å². The Balaban J connectivity index is 2.31. The summed E-state index contributed by atoms with van der Waals surface area (Å²) in [6.07, 6.45) is 3.71. The van der Waals surface area contributed by atoms with Crippen molar-refractivity contribution in [3.8, 4) is 0 Å². The van der Waals surface area contributed by atoms with Gasteiger partial charge < -0.3 is 20.1 Å². The maximum Gasteiger partial charge on any atom is 0.316 e. The molecule has 6 nitrogen and oxygen atoms in total. The molecule has 0 unspecified atom stereocenters. The quantitative estimate of drug-likeness (QED) is 0.750. The summed E-state index contributed by atoms with van der Waals surface area (Å²) < 4.78 is 10.7. The molecule has 6 heteroatoms. The Hall–Kier alpha value is -1.82. The first kappa shape index (κ1) is 20.5. The molecule has 146 valence electrons. The molecule has 1 aliphatic heterocycles. The van der Waals surface area contributed by atoms with Crippen molar-refractivity contribution >= 4 is 17.5 Å². The molecule has 0 aromatic carbocycles. The molecule has 0 atom stereocenters. The third-order valence-electron chi connectivity index (χ3n) is 4.87. The van der Waals surface area contributed by atoms with Crippen LogP contribution < -0.4 is 10.6 Å². The number of hydrogen-bond acceptors (Lipinski definition) is 6. The van der Waals surface area contributed by atoms with E-state index < -0.39 is 5.41 Å². The van der Waals surface area contributed by atoms with Crippen molar-refractivity contribution < 1.29 is 14.3 Å². The fourth-order valence-electron chi connectivity index (χ4n) is 3.28. The first-order valence-electron chi connectivity index (χ1n) is 9.55. The zero-order valence-corrected chi connectivity index (χ0v) is 16.7. The van der Waals surface area contributed by atoms with Gasteiger partial charge in [0.05, 0.1) is 17.7 Å². The molecule has 1 aromatic heterocycles. The number of ether oxygens (including phenoxy) is 2. The summed E-state index contributed by atoms with van der Waals surface area (Å²) in [6.45, 7) is 12.7. The van der Waals surface area contributed by atoms with Gasteiger partial charge in [-0.15, -0.1) is 0 Å². The van der Waals surface area contributed by atoms with Gasteiger partial charge in [-0.1, -0.05) is 13.8 Å². The molecule has 1 saturated heterocycles. The Morgan fingerprint density at radius 1 is 1.42 bits per heavy atom. The van der Waals surface area contributed by atoms with Crippen LogP contribution in [0.15, 0.2) is 12.3 Å². The number of anilines is 2. The standard InChI is InChI=1S/C20H33N3O3/c1-6-26-19(24)20(4,5)15-11-17(21)18(22-12-15)23(13-14(2)3)16-7-9-25-10-8-16/h11-12,14,16H,6-10,13,21H2,1-5H3. The summed E-state index contributed by atoms with van der Waals surface area (Å²) in [7, 11) is 0. The van der Waals surface area contributed by atoms with E-state index in [4.69, 9.17) is 15.2 Å². The zero-order valence-electron chi connectivity index (χ0n) is 16.7. The first-order valence-corrected chi connectivity index (χ1v) is 9.55. The lowest BCUT2D eigenvalue weighted by molar-refractivity contribution is -0.148. The van der Waals surface area contributed by atoms with Gasteiger partial charge in [0.15, 0.2) is 5.82 Å². The van der Waals surface area contributed by atoms with Gasteiger partial charge >= 0.3 is 5.97 Å². The van der Waals surface area contributed by atoms with Crippen LogP contribution in [0, 0.1) is 5.92 Å². The van der Waals surface area contributed by atoms with Gasteiger partial charge in [-0.05, 0) is 51.2 Å². The van der Waals surface area contributed by atoms with Crippen LogP contribution in [0.25, 0.3) is 0 Å². The van der Waals surface area contributed by atoms with Crippen LogP contribution in [0.4, 0.5) is 11.5 Å². The van der Waals surface area contributed by atoms with Crippen molar-refractivity contribution in [2.24, 2.45) is 5.92 Å². The molecule has 2 N–H and O–H groups in total.